The van der Waals surface area contributed by atoms with Crippen LogP contribution in [0.1, 0.15) is 17.9 Å². The molecule has 1 aliphatic rings. The summed E-state index contributed by atoms with van der Waals surface area (Å²) in [6, 6.07) is 5.49. The standard InChI is InChI=1S/C11H10Cl2O2/c1-15-11(14)8-5-7(8)6-3-2-4-9(12)10(6)13/h2-4,7-8H,5H2,1H3/t7-,8+/m1/s1. The quantitative estimate of drug-likeness (QED) is 0.747. The minimum absolute atomic E-state index is 0.0500. The molecule has 4 heteroatoms. The van der Waals surface area contributed by atoms with E-state index in [2.05, 4.69) is 4.74 Å². The Hall–Kier alpha value is -0.730. The maximum absolute atomic E-state index is 11.3. The molecule has 1 fully saturated rings. The number of hydrogen-bond donors (Lipinski definition) is 0. The molecule has 0 heterocycles. The zero-order valence-electron chi connectivity index (χ0n) is 8.17. The predicted octanol–water partition coefficient (Wildman–Crippen LogP) is 3.27. The lowest BCUT2D eigenvalue weighted by molar-refractivity contribution is -0.142. The monoisotopic (exact) mass is 244 g/mol. The Morgan fingerprint density at radius 3 is 2.87 bits per heavy atom. The van der Waals surface area contributed by atoms with Crippen molar-refractivity contribution in [1.82, 2.24) is 0 Å². The molecule has 0 saturated heterocycles. The van der Waals surface area contributed by atoms with Crippen LogP contribution in [0.3, 0.4) is 0 Å². The van der Waals surface area contributed by atoms with E-state index in [1.807, 2.05) is 12.1 Å². The molecule has 0 N–H and O–H groups in total. The van der Waals surface area contributed by atoms with Crippen molar-refractivity contribution in [1.29, 1.82) is 0 Å². The van der Waals surface area contributed by atoms with Gasteiger partial charge in [0.15, 0.2) is 0 Å². The fourth-order valence-corrected chi connectivity index (χ4v) is 2.21. The fraction of sp³-hybridized carbons (Fsp3) is 0.364. The van der Waals surface area contributed by atoms with Crippen LogP contribution < -0.4 is 0 Å². The summed E-state index contributed by atoms with van der Waals surface area (Å²) in [6.07, 6.45) is 0.798. The Morgan fingerprint density at radius 1 is 1.47 bits per heavy atom. The molecule has 0 aliphatic heterocycles. The molecule has 0 spiro atoms. The molecule has 15 heavy (non-hydrogen) atoms. The molecule has 0 amide bonds. The summed E-state index contributed by atoms with van der Waals surface area (Å²) in [6.45, 7) is 0. The normalized spacial score (nSPS) is 23.7. The number of carbonyl (C=O) groups excluding carboxylic acids is 1. The van der Waals surface area contributed by atoms with Gasteiger partial charge in [-0.2, -0.15) is 0 Å². The van der Waals surface area contributed by atoms with E-state index in [9.17, 15) is 4.79 Å². The van der Waals surface area contributed by atoms with Crippen LogP contribution in [0.2, 0.25) is 10.0 Å². The van der Waals surface area contributed by atoms with Gasteiger partial charge in [-0.1, -0.05) is 35.3 Å². The third kappa shape index (κ3) is 1.97. The molecule has 1 aromatic rings. The van der Waals surface area contributed by atoms with Crippen molar-refractivity contribution in [2.75, 3.05) is 7.11 Å². The van der Waals surface area contributed by atoms with E-state index in [0.717, 1.165) is 12.0 Å². The second-order valence-corrected chi connectivity index (χ2v) is 4.40. The van der Waals surface area contributed by atoms with E-state index in [-0.39, 0.29) is 17.8 Å². The molecule has 2 nitrogen and oxygen atoms in total. The average molecular weight is 245 g/mol. The molecule has 1 saturated carbocycles. The van der Waals surface area contributed by atoms with Crippen LogP contribution in [-0.4, -0.2) is 13.1 Å². The van der Waals surface area contributed by atoms with Crippen LogP contribution in [-0.2, 0) is 9.53 Å². The maximum Gasteiger partial charge on any atom is 0.309 e. The second-order valence-electron chi connectivity index (χ2n) is 3.61. The van der Waals surface area contributed by atoms with Crippen molar-refractivity contribution >= 4 is 29.2 Å². The van der Waals surface area contributed by atoms with Gasteiger partial charge < -0.3 is 4.74 Å². The number of hydrogen-bond acceptors (Lipinski definition) is 2. The highest BCUT2D eigenvalue weighted by atomic mass is 35.5. The summed E-state index contributed by atoms with van der Waals surface area (Å²) in [7, 11) is 1.40. The van der Waals surface area contributed by atoms with Crippen molar-refractivity contribution in [2.24, 2.45) is 5.92 Å². The summed E-state index contributed by atoms with van der Waals surface area (Å²) in [5, 5.41) is 1.08. The molecular formula is C11H10Cl2O2. The summed E-state index contributed by atoms with van der Waals surface area (Å²) in [5.41, 5.74) is 0.944. The first kappa shape index (κ1) is 10.8. The summed E-state index contributed by atoms with van der Waals surface area (Å²) in [4.78, 5) is 11.3. The van der Waals surface area contributed by atoms with E-state index in [1.54, 1.807) is 6.07 Å². The lowest BCUT2D eigenvalue weighted by Crippen LogP contribution is -2.04. The lowest BCUT2D eigenvalue weighted by atomic mass is 10.1. The number of halogens is 2. The molecule has 2 rings (SSSR count). The number of esters is 1. The average Bonchev–Trinajstić information content (AvgIpc) is 3.01. The second kappa shape index (κ2) is 4.03. The van der Waals surface area contributed by atoms with E-state index < -0.39 is 0 Å². The smallest absolute Gasteiger partial charge is 0.309 e. The minimum Gasteiger partial charge on any atom is -0.469 e. The molecule has 0 bridgehead atoms. The van der Waals surface area contributed by atoms with Gasteiger partial charge in [0.25, 0.3) is 0 Å². The third-order valence-electron chi connectivity index (χ3n) is 2.68. The molecule has 0 unspecified atom stereocenters. The minimum atomic E-state index is -0.170. The SMILES string of the molecule is COC(=O)[C@H]1C[C@@H]1c1cccc(Cl)c1Cl. The van der Waals surface area contributed by atoms with Crippen LogP contribution in [0.4, 0.5) is 0 Å². The van der Waals surface area contributed by atoms with E-state index in [4.69, 9.17) is 23.2 Å². The molecule has 0 radical (unpaired) electrons. The van der Waals surface area contributed by atoms with Gasteiger partial charge >= 0.3 is 5.97 Å². The lowest BCUT2D eigenvalue weighted by Gasteiger charge is -2.04. The van der Waals surface area contributed by atoms with Crippen molar-refractivity contribution in [2.45, 2.75) is 12.3 Å². The Balaban J connectivity index is 2.20. The predicted molar refractivity (Wildman–Crippen MR) is 59.3 cm³/mol. The van der Waals surface area contributed by atoms with Gasteiger partial charge in [0.1, 0.15) is 0 Å². The molecule has 80 valence electrons. The van der Waals surface area contributed by atoms with Gasteiger partial charge in [0.2, 0.25) is 0 Å². The largest absolute Gasteiger partial charge is 0.469 e. The van der Waals surface area contributed by atoms with Crippen molar-refractivity contribution < 1.29 is 9.53 Å². The third-order valence-corrected chi connectivity index (χ3v) is 3.51. The first-order chi connectivity index (χ1) is 7.15. The summed E-state index contributed by atoms with van der Waals surface area (Å²) < 4.78 is 4.68. The van der Waals surface area contributed by atoms with Gasteiger partial charge in [-0.3, -0.25) is 4.79 Å². The molecular weight excluding hydrogens is 235 g/mol. The molecule has 0 aromatic heterocycles. The van der Waals surface area contributed by atoms with E-state index in [0.29, 0.717) is 10.0 Å². The van der Waals surface area contributed by atoms with Gasteiger partial charge in [0.05, 0.1) is 23.1 Å². The zero-order chi connectivity index (χ0) is 11.0. The van der Waals surface area contributed by atoms with Crippen LogP contribution in [0.25, 0.3) is 0 Å². The van der Waals surface area contributed by atoms with Gasteiger partial charge in [0, 0.05) is 0 Å². The highest BCUT2D eigenvalue weighted by Gasteiger charge is 2.45. The fourth-order valence-electron chi connectivity index (χ4n) is 1.76. The first-order valence-corrected chi connectivity index (χ1v) is 5.42. The number of methoxy groups -OCH3 is 1. The Morgan fingerprint density at radius 2 is 2.20 bits per heavy atom. The number of rotatable bonds is 2. The molecule has 1 aromatic carbocycles. The van der Waals surface area contributed by atoms with E-state index in [1.165, 1.54) is 7.11 Å². The maximum atomic E-state index is 11.3. The Kier molecular flexibility index (Phi) is 2.89. The van der Waals surface area contributed by atoms with Crippen LogP contribution >= 0.6 is 23.2 Å². The molecule has 1 aliphatic carbocycles. The van der Waals surface area contributed by atoms with Gasteiger partial charge in [-0.15, -0.1) is 0 Å². The summed E-state index contributed by atoms with van der Waals surface area (Å²) in [5.74, 6) is -0.0503. The number of carbonyl (C=O) groups is 1. The first-order valence-electron chi connectivity index (χ1n) is 4.67. The Labute approximate surface area is 98.1 Å². The Bertz CT molecular complexity index is 404. The van der Waals surface area contributed by atoms with Crippen LogP contribution in [0, 0.1) is 5.92 Å². The van der Waals surface area contributed by atoms with Crippen molar-refractivity contribution in [3.63, 3.8) is 0 Å². The van der Waals surface area contributed by atoms with Crippen molar-refractivity contribution in [3.8, 4) is 0 Å². The number of benzene rings is 1. The number of ether oxygens (including phenoxy) is 1. The van der Waals surface area contributed by atoms with Gasteiger partial charge in [-0.25, -0.2) is 0 Å². The van der Waals surface area contributed by atoms with E-state index >= 15 is 0 Å². The topological polar surface area (TPSA) is 26.3 Å². The van der Waals surface area contributed by atoms with Crippen LogP contribution in [0.15, 0.2) is 18.2 Å². The highest BCUT2D eigenvalue weighted by Crippen LogP contribution is 2.51. The molecule has 2 atom stereocenters. The summed E-state index contributed by atoms with van der Waals surface area (Å²) >= 11 is 12.0. The zero-order valence-corrected chi connectivity index (χ0v) is 9.68. The van der Waals surface area contributed by atoms with Gasteiger partial charge in [-0.05, 0) is 24.0 Å². The van der Waals surface area contributed by atoms with Crippen molar-refractivity contribution in [3.05, 3.63) is 33.8 Å². The van der Waals surface area contributed by atoms with Crippen LogP contribution in [0.5, 0.6) is 0 Å². The highest BCUT2D eigenvalue weighted by molar-refractivity contribution is 6.42.